The Kier molecular flexibility index (Phi) is 4.78. The second kappa shape index (κ2) is 6.81. The monoisotopic (exact) mass is 342 g/mol. The van der Waals surface area contributed by atoms with Crippen LogP contribution >= 0.6 is 23.1 Å². The quantitative estimate of drug-likeness (QED) is 0.481. The van der Waals surface area contributed by atoms with E-state index in [0.717, 1.165) is 26.8 Å². The lowest BCUT2D eigenvalue weighted by Crippen LogP contribution is -1.95. The molecule has 0 aliphatic rings. The Morgan fingerprint density at radius 2 is 1.91 bits per heavy atom. The highest BCUT2D eigenvalue weighted by Gasteiger charge is 2.14. The van der Waals surface area contributed by atoms with Gasteiger partial charge in [0.15, 0.2) is 0 Å². The third-order valence-electron chi connectivity index (χ3n) is 3.57. The van der Waals surface area contributed by atoms with E-state index in [-0.39, 0.29) is 5.78 Å². The first kappa shape index (κ1) is 16.1. The molecule has 0 radical (unpaired) electrons. The zero-order valence-corrected chi connectivity index (χ0v) is 15.1. The number of Topliss-reactive ketones (excluding diaryl/α,β-unsaturated/α-hetero) is 1. The van der Waals surface area contributed by atoms with Gasteiger partial charge in [-0.2, -0.15) is 0 Å². The zero-order chi connectivity index (χ0) is 16.4. The fourth-order valence-corrected chi connectivity index (χ4v) is 4.54. The lowest BCUT2D eigenvalue weighted by Gasteiger charge is -2.06. The van der Waals surface area contributed by atoms with Crippen molar-refractivity contribution in [1.82, 2.24) is 9.97 Å². The summed E-state index contributed by atoms with van der Waals surface area (Å²) in [5, 5.41) is 4.24. The molecule has 118 valence electrons. The van der Waals surface area contributed by atoms with Crippen LogP contribution in [0.3, 0.4) is 0 Å². The summed E-state index contributed by atoms with van der Waals surface area (Å²) in [5.74, 6) is 1.74. The van der Waals surface area contributed by atoms with E-state index in [9.17, 15) is 4.79 Å². The van der Waals surface area contributed by atoms with Crippen molar-refractivity contribution in [2.45, 2.75) is 32.2 Å². The molecular formula is C18H18N2OS2. The van der Waals surface area contributed by atoms with Crippen molar-refractivity contribution in [1.29, 1.82) is 0 Å². The van der Waals surface area contributed by atoms with Crippen LogP contribution in [0.1, 0.15) is 24.7 Å². The van der Waals surface area contributed by atoms with Gasteiger partial charge in [0.25, 0.3) is 0 Å². The predicted molar refractivity (Wildman–Crippen MR) is 98.3 cm³/mol. The van der Waals surface area contributed by atoms with Gasteiger partial charge >= 0.3 is 0 Å². The van der Waals surface area contributed by atoms with Gasteiger partial charge in [0.2, 0.25) is 0 Å². The van der Waals surface area contributed by atoms with Crippen LogP contribution in [0.25, 0.3) is 21.3 Å². The van der Waals surface area contributed by atoms with Gasteiger partial charge in [-0.05, 0) is 26.3 Å². The third-order valence-corrected chi connectivity index (χ3v) is 5.42. The van der Waals surface area contributed by atoms with Crippen LogP contribution < -0.4 is 0 Å². The van der Waals surface area contributed by atoms with Crippen molar-refractivity contribution in [3.8, 4) is 11.1 Å². The molecule has 0 spiro atoms. The van der Waals surface area contributed by atoms with Gasteiger partial charge in [0.05, 0.1) is 5.39 Å². The number of ketones is 1. The molecule has 2 aromatic heterocycles. The second-order valence-electron chi connectivity index (χ2n) is 5.57. The molecule has 0 saturated carbocycles. The normalized spacial score (nSPS) is 11.1. The molecule has 2 heterocycles. The number of benzene rings is 1. The van der Waals surface area contributed by atoms with Crippen LogP contribution in [0.5, 0.6) is 0 Å². The molecule has 23 heavy (non-hydrogen) atoms. The van der Waals surface area contributed by atoms with Gasteiger partial charge in [0.1, 0.15) is 21.5 Å². The number of rotatable bonds is 5. The molecule has 3 aromatic rings. The van der Waals surface area contributed by atoms with Gasteiger partial charge in [-0.15, -0.1) is 23.1 Å². The Labute approximate surface area is 144 Å². The van der Waals surface area contributed by atoms with Crippen molar-refractivity contribution in [3.05, 3.63) is 41.0 Å². The SMILES string of the molecule is CC(=O)CCSc1nc(C)nc2scc(-c3ccc(C)cc3)c12. The summed E-state index contributed by atoms with van der Waals surface area (Å²) in [5.41, 5.74) is 3.61. The van der Waals surface area contributed by atoms with Crippen LogP contribution in [0.2, 0.25) is 0 Å². The molecule has 0 unspecified atom stereocenters. The molecule has 5 heteroatoms. The summed E-state index contributed by atoms with van der Waals surface area (Å²) in [6.07, 6.45) is 0.569. The topological polar surface area (TPSA) is 42.9 Å². The number of fused-ring (bicyclic) bond motifs is 1. The Hall–Kier alpha value is -1.72. The van der Waals surface area contributed by atoms with E-state index in [1.165, 1.54) is 16.7 Å². The number of carbonyl (C=O) groups excluding carboxylic acids is 1. The average molecular weight is 342 g/mol. The molecule has 0 amide bonds. The number of thioether (sulfide) groups is 1. The fourth-order valence-electron chi connectivity index (χ4n) is 2.35. The van der Waals surface area contributed by atoms with E-state index in [0.29, 0.717) is 6.42 Å². The standard InChI is InChI=1S/C18H18N2OS2/c1-11-4-6-14(7-5-11)15-10-23-18-16(15)17(19-13(3)20-18)22-9-8-12(2)21/h4-7,10H,8-9H2,1-3H3. The van der Waals surface area contributed by atoms with Gasteiger partial charge < -0.3 is 0 Å². The maximum Gasteiger partial charge on any atom is 0.130 e. The minimum Gasteiger partial charge on any atom is -0.300 e. The Morgan fingerprint density at radius 3 is 2.61 bits per heavy atom. The first-order valence-corrected chi connectivity index (χ1v) is 9.36. The Balaban J connectivity index is 2.05. The lowest BCUT2D eigenvalue weighted by atomic mass is 10.1. The highest BCUT2D eigenvalue weighted by atomic mass is 32.2. The smallest absolute Gasteiger partial charge is 0.130 e. The largest absolute Gasteiger partial charge is 0.300 e. The van der Waals surface area contributed by atoms with Crippen molar-refractivity contribution in [2.75, 3.05) is 5.75 Å². The first-order valence-electron chi connectivity index (χ1n) is 7.49. The van der Waals surface area contributed by atoms with Crippen molar-refractivity contribution < 1.29 is 4.79 Å². The van der Waals surface area contributed by atoms with E-state index < -0.39 is 0 Å². The van der Waals surface area contributed by atoms with Crippen LogP contribution in [-0.4, -0.2) is 21.5 Å². The number of hydrogen-bond donors (Lipinski definition) is 0. The molecular weight excluding hydrogens is 324 g/mol. The highest BCUT2D eigenvalue weighted by molar-refractivity contribution is 7.99. The van der Waals surface area contributed by atoms with Crippen molar-refractivity contribution >= 4 is 39.1 Å². The number of nitrogens with zero attached hydrogens (tertiary/aromatic N) is 2. The van der Waals surface area contributed by atoms with Crippen molar-refractivity contribution in [3.63, 3.8) is 0 Å². The number of thiophene rings is 1. The van der Waals surface area contributed by atoms with Crippen LogP contribution in [-0.2, 0) is 4.79 Å². The number of aromatic nitrogens is 2. The molecule has 0 fully saturated rings. The predicted octanol–water partition coefficient (Wildman–Crippen LogP) is 5.05. The highest BCUT2D eigenvalue weighted by Crippen LogP contribution is 2.38. The summed E-state index contributed by atoms with van der Waals surface area (Å²) in [6.45, 7) is 5.63. The zero-order valence-electron chi connectivity index (χ0n) is 13.4. The summed E-state index contributed by atoms with van der Waals surface area (Å²) in [4.78, 5) is 21.4. The average Bonchev–Trinajstić information content (AvgIpc) is 2.91. The second-order valence-corrected chi connectivity index (χ2v) is 7.51. The maximum absolute atomic E-state index is 11.2. The summed E-state index contributed by atoms with van der Waals surface area (Å²) in [7, 11) is 0. The van der Waals surface area contributed by atoms with Crippen LogP contribution in [0.15, 0.2) is 34.7 Å². The summed E-state index contributed by atoms with van der Waals surface area (Å²) >= 11 is 3.29. The van der Waals surface area contributed by atoms with E-state index in [2.05, 4.69) is 46.5 Å². The third kappa shape index (κ3) is 3.62. The Bertz CT molecular complexity index is 853. The van der Waals surface area contributed by atoms with E-state index >= 15 is 0 Å². The first-order chi connectivity index (χ1) is 11.0. The number of hydrogen-bond acceptors (Lipinski definition) is 5. The molecule has 0 bridgehead atoms. The van der Waals surface area contributed by atoms with Crippen molar-refractivity contribution in [2.24, 2.45) is 0 Å². The molecule has 1 aromatic carbocycles. The van der Waals surface area contributed by atoms with Crippen LogP contribution in [0, 0.1) is 13.8 Å². The molecule has 0 aliphatic heterocycles. The molecule has 0 atom stereocenters. The van der Waals surface area contributed by atoms with Gasteiger partial charge in [0, 0.05) is 23.1 Å². The maximum atomic E-state index is 11.2. The number of aryl methyl sites for hydroxylation is 2. The lowest BCUT2D eigenvalue weighted by molar-refractivity contribution is -0.116. The molecule has 0 N–H and O–H groups in total. The van der Waals surface area contributed by atoms with Gasteiger partial charge in [-0.1, -0.05) is 29.8 Å². The van der Waals surface area contributed by atoms with Gasteiger partial charge in [-0.3, -0.25) is 4.79 Å². The van der Waals surface area contributed by atoms with E-state index in [1.54, 1.807) is 30.0 Å². The Morgan fingerprint density at radius 1 is 1.17 bits per heavy atom. The van der Waals surface area contributed by atoms with E-state index in [4.69, 9.17) is 0 Å². The fraction of sp³-hybridized carbons (Fsp3) is 0.278. The van der Waals surface area contributed by atoms with Crippen LogP contribution in [0.4, 0.5) is 0 Å². The molecule has 0 aliphatic carbocycles. The molecule has 3 nitrogen and oxygen atoms in total. The minimum absolute atomic E-state index is 0.212. The van der Waals surface area contributed by atoms with E-state index in [1.807, 2.05) is 6.92 Å². The summed E-state index contributed by atoms with van der Waals surface area (Å²) < 4.78 is 0. The molecule has 0 saturated heterocycles. The number of carbonyl (C=O) groups is 1. The summed E-state index contributed by atoms with van der Waals surface area (Å²) in [6, 6.07) is 8.52. The van der Waals surface area contributed by atoms with Gasteiger partial charge in [-0.25, -0.2) is 9.97 Å². The molecule has 3 rings (SSSR count). The minimum atomic E-state index is 0.212.